The van der Waals surface area contributed by atoms with Crippen molar-refractivity contribution in [1.82, 2.24) is 14.9 Å². The van der Waals surface area contributed by atoms with E-state index in [0.29, 0.717) is 5.13 Å². The summed E-state index contributed by atoms with van der Waals surface area (Å²) in [6.45, 7) is 5.38. The fourth-order valence-electron chi connectivity index (χ4n) is 3.57. The first-order chi connectivity index (χ1) is 13.3. The van der Waals surface area contributed by atoms with Gasteiger partial charge in [0.2, 0.25) is 0 Å². The summed E-state index contributed by atoms with van der Waals surface area (Å²) in [6, 6.07) is 16.5. The molecule has 3 heterocycles. The maximum Gasteiger partial charge on any atom is 0.180 e. The molecule has 0 atom stereocenters. The van der Waals surface area contributed by atoms with E-state index in [1.807, 2.05) is 18.3 Å². The number of thiazole rings is 1. The van der Waals surface area contributed by atoms with Gasteiger partial charge in [-0.15, -0.1) is 11.3 Å². The minimum absolute atomic E-state index is 0.660. The molecule has 1 saturated heterocycles. The zero-order chi connectivity index (χ0) is 18.5. The highest BCUT2D eigenvalue weighted by Crippen LogP contribution is 2.30. The van der Waals surface area contributed by atoms with Crippen molar-refractivity contribution < 1.29 is 0 Å². The van der Waals surface area contributed by atoms with Gasteiger partial charge in [0.1, 0.15) is 5.82 Å². The lowest BCUT2D eigenvalue weighted by atomic mass is 10.1. The Morgan fingerprint density at radius 3 is 2.48 bits per heavy atom. The number of anilines is 2. The van der Waals surface area contributed by atoms with Gasteiger partial charge in [0.25, 0.3) is 0 Å². The smallest absolute Gasteiger partial charge is 0.180 e. The first kappa shape index (κ1) is 17.9. The lowest BCUT2D eigenvalue weighted by Gasteiger charge is -2.35. The Hall–Kier alpha value is -2.44. The maximum atomic E-state index is 5.99. The third kappa shape index (κ3) is 4.46. The Bertz CT molecular complexity index is 842. The number of pyridine rings is 1. The largest absolute Gasteiger partial charge is 0.375 e. The van der Waals surface area contributed by atoms with E-state index >= 15 is 0 Å². The molecule has 0 amide bonds. The highest BCUT2D eigenvalue weighted by atomic mass is 32.1. The molecule has 1 aliphatic heterocycles. The number of aromatic nitrogens is 2. The maximum absolute atomic E-state index is 5.99. The first-order valence-corrected chi connectivity index (χ1v) is 10.3. The number of rotatable bonds is 6. The summed E-state index contributed by atoms with van der Waals surface area (Å²) in [5.41, 5.74) is 8.20. The lowest BCUT2D eigenvalue weighted by molar-refractivity contribution is 0.255. The second-order valence-corrected chi connectivity index (χ2v) is 7.93. The number of hydrogen-bond donors (Lipinski definition) is 1. The van der Waals surface area contributed by atoms with Crippen LogP contribution in [0, 0.1) is 0 Å². The van der Waals surface area contributed by atoms with Crippen molar-refractivity contribution in [3.63, 3.8) is 0 Å². The second kappa shape index (κ2) is 8.50. The molecule has 1 aromatic carbocycles. The fourth-order valence-corrected chi connectivity index (χ4v) is 4.46. The van der Waals surface area contributed by atoms with Crippen LogP contribution in [-0.4, -0.2) is 47.6 Å². The van der Waals surface area contributed by atoms with Crippen LogP contribution in [0.15, 0.2) is 54.7 Å². The number of piperazine rings is 1. The second-order valence-electron chi connectivity index (χ2n) is 6.81. The molecular formula is C21H25N5S. The molecule has 2 N–H and O–H groups in total. The molecule has 140 valence electrons. The number of nitrogens with two attached hydrogens (primary N) is 1. The van der Waals surface area contributed by atoms with E-state index < -0.39 is 0 Å². The number of benzene rings is 1. The van der Waals surface area contributed by atoms with Crippen molar-refractivity contribution in [3.8, 4) is 11.3 Å². The fraction of sp³-hybridized carbons (Fsp3) is 0.333. The minimum Gasteiger partial charge on any atom is -0.375 e. The average molecular weight is 380 g/mol. The molecule has 1 aliphatic rings. The summed E-state index contributed by atoms with van der Waals surface area (Å²) in [5, 5.41) is 0.660. The molecule has 0 unspecified atom stereocenters. The van der Waals surface area contributed by atoms with Crippen molar-refractivity contribution in [2.75, 3.05) is 43.4 Å². The third-order valence-corrected chi connectivity index (χ3v) is 5.93. The first-order valence-electron chi connectivity index (χ1n) is 9.48. The van der Waals surface area contributed by atoms with Gasteiger partial charge in [-0.05, 0) is 31.5 Å². The van der Waals surface area contributed by atoms with E-state index in [-0.39, 0.29) is 0 Å². The Balaban J connectivity index is 1.29. The average Bonchev–Trinajstić information content (AvgIpc) is 3.10. The van der Waals surface area contributed by atoms with Crippen molar-refractivity contribution in [2.24, 2.45) is 0 Å². The SMILES string of the molecule is Nc1nc(-c2ccccc2)c(CCCN2CCN(c3ccccn3)CC2)s1. The molecule has 0 radical (unpaired) electrons. The topological polar surface area (TPSA) is 58.3 Å². The van der Waals surface area contributed by atoms with Crippen molar-refractivity contribution in [1.29, 1.82) is 0 Å². The van der Waals surface area contributed by atoms with E-state index in [1.54, 1.807) is 11.3 Å². The van der Waals surface area contributed by atoms with E-state index in [4.69, 9.17) is 5.73 Å². The predicted molar refractivity (Wildman–Crippen MR) is 113 cm³/mol. The van der Waals surface area contributed by atoms with Crippen LogP contribution in [0.25, 0.3) is 11.3 Å². The van der Waals surface area contributed by atoms with Crippen LogP contribution in [0.3, 0.4) is 0 Å². The highest BCUT2D eigenvalue weighted by molar-refractivity contribution is 7.15. The van der Waals surface area contributed by atoms with Crippen molar-refractivity contribution >= 4 is 22.3 Å². The third-order valence-electron chi connectivity index (χ3n) is 4.98. The molecule has 6 heteroatoms. The van der Waals surface area contributed by atoms with Crippen LogP contribution in [0.4, 0.5) is 10.9 Å². The van der Waals surface area contributed by atoms with Gasteiger partial charge in [-0.3, -0.25) is 4.90 Å². The van der Waals surface area contributed by atoms with Gasteiger partial charge in [0.05, 0.1) is 5.69 Å². The van der Waals surface area contributed by atoms with Gasteiger partial charge in [-0.2, -0.15) is 0 Å². The van der Waals surface area contributed by atoms with Crippen LogP contribution in [0.1, 0.15) is 11.3 Å². The lowest BCUT2D eigenvalue weighted by Crippen LogP contribution is -2.46. The monoisotopic (exact) mass is 379 g/mol. The summed E-state index contributed by atoms with van der Waals surface area (Å²) in [6.07, 6.45) is 4.03. The molecular weight excluding hydrogens is 354 g/mol. The van der Waals surface area contributed by atoms with Gasteiger partial charge in [-0.1, -0.05) is 36.4 Å². The van der Waals surface area contributed by atoms with Gasteiger partial charge >= 0.3 is 0 Å². The van der Waals surface area contributed by atoms with Crippen molar-refractivity contribution in [2.45, 2.75) is 12.8 Å². The normalized spacial score (nSPS) is 15.2. The quantitative estimate of drug-likeness (QED) is 0.710. The van der Waals surface area contributed by atoms with E-state index in [9.17, 15) is 0 Å². The van der Waals surface area contributed by atoms with E-state index in [2.05, 4.69) is 56.2 Å². The molecule has 4 rings (SSSR count). The molecule has 2 aromatic heterocycles. The van der Waals surface area contributed by atoms with E-state index in [1.165, 1.54) is 4.88 Å². The Morgan fingerprint density at radius 1 is 0.963 bits per heavy atom. The molecule has 3 aromatic rings. The molecule has 0 aliphatic carbocycles. The molecule has 5 nitrogen and oxygen atoms in total. The number of nitrogens with zero attached hydrogens (tertiary/aromatic N) is 4. The number of aryl methyl sites for hydroxylation is 1. The zero-order valence-corrected chi connectivity index (χ0v) is 16.2. The summed E-state index contributed by atoms with van der Waals surface area (Å²) in [7, 11) is 0. The molecule has 0 saturated carbocycles. The van der Waals surface area contributed by atoms with Gasteiger partial charge < -0.3 is 10.6 Å². The Kier molecular flexibility index (Phi) is 5.65. The van der Waals surface area contributed by atoms with Gasteiger partial charge in [0.15, 0.2) is 5.13 Å². The molecule has 27 heavy (non-hydrogen) atoms. The highest BCUT2D eigenvalue weighted by Gasteiger charge is 2.18. The minimum atomic E-state index is 0.660. The number of hydrogen-bond acceptors (Lipinski definition) is 6. The van der Waals surface area contributed by atoms with Crippen LogP contribution in [0.5, 0.6) is 0 Å². The van der Waals surface area contributed by atoms with Gasteiger partial charge in [0, 0.05) is 42.8 Å². The Labute approximate surface area is 164 Å². The van der Waals surface area contributed by atoms with Crippen LogP contribution in [-0.2, 0) is 6.42 Å². The standard InChI is InChI=1S/C21H25N5S/c22-21-24-20(17-7-2-1-3-8-17)18(27-21)9-6-12-25-13-15-26(16-14-25)19-10-4-5-11-23-19/h1-5,7-8,10-11H,6,9,12-16H2,(H2,22,24). The summed E-state index contributed by atoms with van der Waals surface area (Å²) >= 11 is 1.63. The van der Waals surface area contributed by atoms with Crippen LogP contribution < -0.4 is 10.6 Å². The zero-order valence-electron chi connectivity index (χ0n) is 15.4. The summed E-state index contributed by atoms with van der Waals surface area (Å²) < 4.78 is 0. The molecule has 1 fully saturated rings. The Morgan fingerprint density at radius 2 is 1.74 bits per heavy atom. The van der Waals surface area contributed by atoms with Crippen molar-refractivity contribution in [3.05, 3.63) is 59.6 Å². The van der Waals surface area contributed by atoms with Crippen LogP contribution in [0.2, 0.25) is 0 Å². The summed E-state index contributed by atoms with van der Waals surface area (Å²) in [5.74, 6) is 1.09. The predicted octanol–water partition coefficient (Wildman–Crippen LogP) is 3.54. The summed E-state index contributed by atoms with van der Waals surface area (Å²) in [4.78, 5) is 15.2. The van der Waals surface area contributed by atoms with E-state index in [0.717, 1.165) is 62.6 Å². The molecule has 0 bridgehead atoms. The number of nitrogen functional groups attached to an aromatic ring is 1. The van der Waals surface area contributed by atoms with Gasteiger partial charge in [-0.25, -0.2) is 9.97 Å². The van der Waals surface area contributed by atoms with Crippen LogP contribution >= 0.6 is 11.3 Å². The molecule has 0 spiro atoms.